The highest BCUT2D eigenvalue weighted by Crippen LogP contribution is 2.49. The number of thiophene rings is 1. The van der Waals surface area contributed by atoms with Crippen molar-refractivity contribution in [1.82, 2.24) is 10.1 Å². The van der Waals surface area contributed by atoms with Crippen LogP contribution in [0, 0.1) is 0 Å². The van der Waals surface area contributed by atoms with Crippen LogP contribution in [-0.4, -0.2) is 16.1 Å². The van der Waals surface area contributed by atoms with Crippen LogP contribution in [0.25, 0.3) is 10.7 Å². The van der Waals surface area contributed by atoms with E-state index in [0.717, 1.165) is 23.3 Å². The second-order valence-electron chi connectivity index (χ2n) is 5.51. The summed E-state index contributed by atoms with van der Waals surface area (Å²) in [5, 5.41) is 5.85. The Morgan fingerprint density at radius 2 is 2.04 bits per heavy atom. The van der Waals surface area contributed by atoms with Crippen LogP contribution < -0.4 is 0 Å². The smallest absolute Gasteiger partial charge is 0.317 e. The van der Waals surface area contributed by atoms with Gasteiger partial charge < -0.3 is 9.26 Å². The first kappa shape index (κ1) is 14.1. The van der Waals surface area contributed by atoms with Crippen LogP contribution in [-0.2, 0) is 21.6 Å². The summed E-state index contributed by atoms with van der Waals surface area (Å²) in [6, 6.07) is 13.6. The van der Waals surface area contributed by atoms with Crippen LogP contribution in [0.3, 0.4) is 0 Å². The zero-order valence-corrected chi connectivity index (χ0v) is 13.1. The molecule has 3 aromatic rings. The molecule has 0 N–H and O–H groups in total. The van der Waals surface area contributed by atoms with Crippen molar-refractivity contribution in [2.45, 2.75) is 24.9 Å². The number of hydrogen-bond donors (Lipinski definition) is 0. The third-order valence-electron chi connectivity index (χ3n) is 4.00. The van der Waals surface area contributed by atoms with Gasteiger partial charge in [0.05, 0.1) is 10.3 Å². The van der Waals surface area contributed by atoms with Crippen LogP contribution in [0.1, 0.15) is 24.3 Å². The zero-order valence-electron chi connectivity index (χ0n) is 12.3. The van der Waals surface area contributed by atoms with Crippen molar-refractivity contribution in [3.63, 3.8) is 0 Å². The molecule has 0 unspecified atom stereocenters. The molecule has 0 radical (unpaired) electrons. The number of esters is 1. The van der Waals surface area contributed by atoms with E-state index in [1.807, 2.05) is 47.8 Å². The highest BCUT2D eigenvalue weighted by atomic mass is 32.1. The van der Waals surface area contributed by atoms with Gasteiger partial charge in [-0.05, 0) is 29.9 Å². The van der Waals surface area contributed by atoms with Crippen molar-refractivity contribution in [1.29, 1.82) is 0 Å². The van der Waals surface area contributed by atoms with Crippen LogP contribution >= 0.6 is 11.3 Å². The van der Waals surface area contributed by atoms with Crippen LogP contribution in [0.5, 0.6) is 0 Å². The molecule has 2 heterocycles. The van der Waals surface area contributed by atoms with E-state index in [-0.39, 0.29) is 12.6 Å². The van der Waals surface area contributed by atoms with Crippen molar-refractivity contribution < 1.29 is 14.1 Å². The Labute approximate surface area is 136 Å². The maximum atomic E-state index is 12.4. The molecule has 0 saturated heterocycles. The molecular weight excluding hydrogens is 312 g/mol. The van der Waals surface area contributed by atoms with Crippen molar-refractivity contribution in [3.05, 3.63) is 59.3 Å². The Morgan fingerprint density at radius 3 is 2.74 bits per heavy atom. The molecule has 6 heteroatoms. The molecule has 1 aliphatic rings. The van der Waals surface area contributed by atoms with Crippen molar-refractivity contribution in [2.24, 2.45) is 0 Å². The van der Waals surface area contributed by atoms with E-state index < -0.39 is 5.41 Å². The SMILES string of the molecule is O=C(OCc1nc(-c2cccs2)no1)C1(c2ccccc2)CC1. The predicted octanol–water partition coefficient (Wildman–Crippen LogP) is 3.57. The van der Waals surface area contributed by atoms with Gasteiger partial charge in [0.25, 0.3) is 5.89 Å². The molecule has 1 aliphatic carbocycles. The van der Waals surface area contributed by atoms with Crippen molar-refractivity contribution >= 4 is 17.3 Å². The number of benzene rings is 1. The van der Waals surface area contributed by atoms with E-state index >= 15 is 0 Å². The second-order valence-corrected chi connectivity index (χ2v) is 6.46. The largest absolute Gasteiger partial charge is 0.455 e. The van der Waals surface area contributed by atoms with E-state index in [4.69, 9.17) is 9.26 Å². The van der Waals surface area contributed by atoms with Gasteiger partial charge in [0, 0.05) is 0 Å². The Balaban J connectivity index is 1.43. The van der Waals surface area contributed by atoms with Crippen molar-refractivity contribution in [3.8, 4) is 10.7 Å². The van der Waals surface area contributed by atoms with E-state index in [9.17, 15) is 4.79 Å². The number of nitrogens with zero attached hydrogens (tertiary/aromatic N) is 2. The van der Waals surface area contributed by atoms with E-state index in [2.05, 4.69) is 10.1 Å². The quantitative estimate of drug-likeness (QED) is 0.671. The highest BCUT2D eigenvalue weighted by Gasteiger charge is 2.52. The Hall–Kier alpha value is -2.47. The zero-order chi connectivity index (χ0) is 15.7. The average molecular weight is 326 g/mol. The minimum atomic E-state index is -0.488. The fourth-order valence-electron chi connectivity index (χ4n) is 2.58. The minimum absolute atomic E-state index is 0.00575. The van der Waals surface area contributed by atoms with E-state index in [1.54, 1.807) is 0 Å². The lowest BCUT2D eigenvalue weighted by atomic mass is 9.96. The molecule has 0 amide bonds. The first-order valence-electron chi connectivity index (χ1n) is 7.37. The van der Waals surface area contributed by atoms with E-state index in [1.165, 1.54) is 11.3 Å². The predicted molar refractivity (Wildman–Crippen MR) is 84.8 cm³/mol. The molecule has 0 spiro atoms. The number of ether oxygens (including phenoxy) is 1. The summed E-state index contributed by atoms with van der Waals surface area (Å²) in [6.45, 7) is 0.00575. The van der Waals surface area contributed by atoms with Crippen molar-refractivity contribution in [2.75, 3.05) is 0 Å². The number of hydrogen-bond acceptors (Lipinski definition) is 6. The van der Waals surface area contributed by atoms with Gasteiger partial charge in [0.1, 0.15) is 0 Å². The number of carbonyl (C=O) groups is 1. The molecule has 1 saturated carbocycles. The molecule has 0 aliphatic heterocycles. The molecule has 0 atom stereocenters. The van der Waals surface area contributed by atoms with Gasteiger partial charge in [-0.3, -0.25) is 4.79 Å². The average Bonchev–Trinajstić information content (AvgIpc) is 3.00. The maximum absolute atomic E-state index is 12.4. The maximum Gasteiger partial charge on any atom is 0.317 e. The van der Waals surface area contributed by atoms with Gasteiger partial charge in [0.15, 0.2) is 6.61 Å². The second kappa shape index (κ2) is 5.62. The fraction of sp³-hybridized carbons (Fsp3) is 0.235. The molecule has 4 rings (SSSR count). The first-order valence-corrected chi connectivity index (χ1v) is 8.25. The molecule has 2 aromatic heterocycles. The molecule has 23 heavy (non-hydrogen) atoms. The summed E-state index contributed by atoms with van der Waals surface area (Å²) in [6.07, 6.45) is 1.64. The number of carbonyl (C=O) groups excluding carboxylic acids is 1. The summed E-state index contributed by atoms with van der Waals surface area (Å²) in [5.74, 6) is 0.612. The Bertz CT molecular complexity index is 808. The monoisotopic (exact) mass is 326 g/mol. The van der Waals surface area contributed by atoms with Gasteiger partial charge in [-0.15, -0.1) is 11.3 Å². The van der Waals surface area contributed by atoms with E-state index in [0.29, 0.717) is 11.7 Å². The normalized spacial score (nSPS) is 15.3. The van der Waals surface area contributed by atoms with Crippen LogP contribution in [0.2, 0.25) is 0 Å². The molecular formula is C17H14N2O3S. The molecule has 1 aromatic carbocycles. The van der Waals surface area contributed by atoms with Gasteiger partial charge in [-0.1, -0.05) is 41.6 Å². The standard InChI is InChI=1S/C17H14N2O3S/c20-16(17(8-9-17)12-5-2-1-3-6-12)21-11-14-18-15(19-22-14)13-7-4-10-23-13/h1-7,10H,8-9,11H2. The third kappa shape index (κ3) is 2.66. The van der Waals surface area contributed by atoms with Gasteiger partial charge in [-0.25, -0.2) is 0 Å². The molecule has 0 bridgehead atoms. The lowest BCUT2D eigenvalue weighted by Crippen LogP contribution is -2.23. The third-order valence-corrected chi connectivity index (χ3v) is 4.87. The first-order chi connectivity index (χ1) is 11.3. The summed E-state index contributed by atoms with van der Waals surface area (Å²) < 4.78 is 10.6. The molecule has 116 valence electrons. The molecule has 5 nitrogen and oxygen atoms in total. The summed E-state index contributed by atoms with van der Waals surface area (Å²) in [7, 11) is 0. The Morgan fingerprint density at radius 1 is 1.22 bits per heavy atom. The summed E-state index contributed by atoms with van der Waals surface area (Å²) >= 11 is 1.53. The fourth-order valence-corrected chi connectivity index (χ4v) is 3.23. The van der Waals surface area contributed by atoms with Crippen LogP contribution in [0.4, 0.5) is 0 Å². The van der Waals surface area contributed by atoms with Crippen LogP contribution in [0.15, 0.2) is 52.4 Å². The van der Waals surface area contributed by atoms with Gasteiger partial charge >= 0.3 is 5.97 Å². The number of aromatic nitrogens is 2. The lowest BCUT2D eigenvalue weighted by Gasteiger charge is -2.13. The summed E-state index contributed by atoms with van der Waals surface area (Å²) in [5.41, 5.74) is 0.521. The topological polar surface area (TPSA) is 65.2 Å². The number of rotatable bonds is 5. The lowest BCUT2D eigenvalue weighted by molar-refractivity contribution is -0.148. The Kier molecular flexibility index (Phi) is 3.46. The summed E-state index contributed by atoms with van der Waals surface area (Å²) in [4.78, 5) is 17.6. The highest BCUT2D eigenvalue weighted by molar-refractivity contribution is 7.13. The molecule has 1 fully saturated rings. The minimum Gasteiger partial charge on any atom is -0.455 e. The van der Waals surface area contributed by atoms with Gasteiger partial charge in [-0.2, -0.15) is 4.98 Å². The van der Waals surface area contributed by atoms with Gasteiger partial charge in [0.2, 0.25) is 5.82 Å².